The van der Waals surface area contributed by atoms with Crippen LogP contribution in [0.5, 0.6) is 0 Å². The lowest BCUT2D eigenvalue weighted by Crippen LogP contribution is -2.27. The number of halogens is 1. The maximum atomic E-state index is 12.9. The number of nitrogens with zero attached hydrogens (tertiary/aromatic N) is 3. The van der Waals surface area contributed by atoms with E-state index < -0.39 is 5.41 Å². The Morgan fingerprint density at radius 2 is 1.82 bits per heavy atom. The van der Waals surface area contributed by atoms with Crippen molar-refractivity contribution < 1.29 is 4.79 Å². The highest BCUT2D eigenvalue weighted by molar-refractivity contribution is 9.10. The Morgan fingerprint density at radius 3 is 2.50 bits per heavy atom. The number of anilines is 1. The molecule has 0 bridgehead atoms. The van der Waals surface area contributed by atoms with Gasteiger partial charge in [0.25, 0.3) is 0 Å². The number of aromatic nitrogens is 3. The fourth-order valence-electron chi connectivity index (χ4n) is 3.48. The molecule has 4 aromatic rings. The molecule has 2 aromatic heterocycles. The van der Waals surface area contributed by atoms with E-state index in [0.717, 1.165) is 39.8 Å². The van der Waals surface area contributed by atoms with Gasteiger partial charge in [-0.15, -0.1) is 0 Å². The molecule has 1 saturated carbocycles. The molecule has 28 heavy (non-hydrogen) atoms. The van der Waals surface area contributed by atoms with Crippen LogP contribution in [0.25, 0.3) is 17.0 Å². The largest absolute Gasteiger partial charge is 0.325 e. The number of hydrogen-bond acceptors (Lipinski definition) is 3. The second kappa shape index (κ2) is 6.56. The van der Waals surface area contributed by atoms with Gasteiger partial charge in [0, 0.05) is 34.3 Å². The van der Waals surface area contributed by atoms with Crippen LogP contribution < -0.4 is 5.32 Å². The van der Waals surface area contributed by atoms with Gasteiger partial charge >= 0.3 is 0 Å². The molecule has 1 fully saturated rings. The van der Waals surface area contributed by atoms with E-state index in [-0.39, 0.29) is 5.91 Å². The van der Waals surface area contributed by atoms with E-state index in [2.05, 4.69) is 31.2 Å². The summed E-state index contributed by atoms with van der Waals surface area (Å²) < 4.78 is 2.91. The zero-order valence-electron chi connectivity index (χ0n) is 15.0. The molecule has 0 saturated heterocycles. The molecule has 5 nitrogen and oxygen atoms in total. The molecule has 1 N–H and O–H groups in total. The maximum Gasteiger partial charge on any atom is 0.235 e. The third kappa shape index (κ3) is 2.99. The number of rotatable bonds is 4. The van der Waals surface area contributed by atoms with Crippen molar-refractivity contribution in [3.05, 3.63) is 83.2 Å². The SMILES string of the molecule is O=C(Nc1ccc(-c2cn3cccnc3n2)cc1)C1(c2ccc(Br)cc2)CC1. The minimum absolute atomic E-state index is 0.0551. The molecule has 5 rings (SSSR count). The lowest BCUT2D eigenvalue weighted by molar-refractivity contribution is -0.118. The first-order valence-electron chi connectivity index (χ1n) is 9.12. The molecule has 1 aliphatic carbocycles. The van der Waals surface area contributed by atoms with Crippen LogP contribution in [0, 0.1) is 0 Å². The molecule has 6 heteroatoms. The summed E-state index contributed by atoms with van der Waals surface area (Å²) in [4.78, 5) is 21.7. The van der Waals surface area contributed by atoms with Gasteiger partial charge < -0.3 is 5.32 Å². The van der Waals surface area contributed by atoms with Crippen molar-refractivity contribution in [1.29, 1.82) is 0 Å². The summed E-state index contributed by atoms with van der Waals surface area (Å²) in [5.41, 5.74) is 3.30. The van der Waals surface area contributed by atoms with Crippen LogP contribution in [0.2, 0.25) is 0 Å². The molecule has 0 atom stereocenters. The fourth-order valence-corrected chi connectivity index (χ4v) is 3.75. The van der Waals surface area contributed by atoms with Crippen molar-refractivity contribution in [1.82, 2.24) is 14.4 Å². The van der Waals surface area contributed by atoms with Gasteiger partial charge in [0.05, 0.1) is 11.1 Å². The monoisotopic (exact) mass is 432 g/mol. The highest BCUT2D eigenvalue weighted by Gasteiger charge is 2.51. The van der Waals surface area contributed by atoms with Crippen molar-refractivity contribution in [2.24, 2.45) is 0 Å². The Bertz CT molecular complexity index is 1130. The number of benzene rings is 2. The van der Waals surface area contributed by atoms with Crippen LogP contribution in [0.15, 0.2) is 77.7 Å². The molecule has 2 aromatic carbocycles. The number of nitrogens with one attached hydrogen (secondary N) is 1. The first kappa shape index (κ1) is 17.1. The topological polar surface area (TPSA) is 59.3 Å². The average molecular weight is 433 g/mol. The molecular formula is C22H17BrN4O. The smallest absolute Gasteiger partial charge is 0.235 e. The summed E-state index contributed by atoms with van der Waals surface area (Å²) in [6, 6.07) is 17.7. The predicted molar refractivity (Wildman–Crippen MR) is 112 cm³/mol. The van der Waals surface area contributed by atoms with Gasteiger partial charge in [-0.05, 0) is 48.7 Å². The van der Waals surface area contributed by atoms with Gasteiger partial charge in [-0.25, -0.2) is 9.97 Å². The van der Waals surface area contributed by atoms with E-state index in [4.69, 9.17) is 0 Å². The predicted octanol–water partition coefficient (Wildman–Crippen LogP) is 4.83. The second-order valence-electron chi connectivity index (χ2n) is 7.07. The first-order valence-corrected chi connectivity index (χ1v) is 9.91. The van der Waals surface area contributed by atoms with Gasteiger partial charge in [-0.3, -0.25) is 9.20 Å². The summed E-state index contributed by atoms with van der Waals surface area (Å²) in [5.74, 6) is 0.722. The Kier molecular flexibility index (Phi) is 4.02. The minimum atomic E-state index is -0.396. The highest BCUT2D eigenvalue weighted by Crippen LogP contribution is 2.49. The van der Waals surface area contributed by atoms with Crippen LogP contribution in [0.3, 0.4) is 0 Å². The molecule has 0 aliphatic heterocycles. The fraction of sp³-hybridized carbons (Fsp3) is 0.136. The average Bonchev–Trinajstić information content (AvgIpc) is 3.42. The summed E-state index contributed by atoms with van der Waals surface area (Å²) in [6.07, 6.45) is 7.36. The molecule has 138 valence electrons. The summed E-state index contributed by atoms with van der Waals surface area (Å²) >= 11 is 3.45. The molecular weight excluding hydrogens is 416 g/mol. The third-order valence-electron chi connectivity index (χ3n) is 5.26. The Labute approximate surface area is 170 Å². The van der Waals surface area contributed by atoms with Crippen LogP contribution in [-0.4, -0.2) is 20.3 Å². The first-order chi connectivity index (χ1) is 13.6. The van der Waals surface area contributed by atoms with E-state index in [1.807, 2.05) is 71.4 Å². The van der Waals surface area contributed by atoms with Crippen molar-refractivity contribution in [3.8, 4) is 11.3 Å². The molecule has 1 amide bonds. The van der Waals surface area contributed by atoms with Crippen LogP contribution in [0.1, 0.15) is 18.4 Å². The number of fused-ring (bicyclic) bond motifs is 1. The standard InChI is InChI=1S/C22H17BrN4O/c23-17-6-4-16(5-7-17)22(10-11-22)20(28)25-18-8-2-15(3-9-18)19-14-27-13-1-12-24-21(27)26-19/h1-9,12-14H,10-11H2,(H,25,28). The Balaban J connectivity index is 1.35. The van der Waals surface area contributed by atoms with Gasteiger partial charge in [0.1, 0.15) is 0 Å². The minimum Gasteiger partial charge on any atom is -0.325 e. The number of imidazole rings is 1. The van der Waals surface area contributed by atoms with Crippen molar-refractivity contribution in [2.75, 3.05) is 5.32 Å². The van der Waals surface area contributed by atoms with E-state index >= 15 is 0 Å². The van der Waals surface area contributed by atoms with Crippen LogP contribution >= 0.6 is 15.9 Å². The summed E-state index contributed by atoms with van der Waals surface area (Å²) in [5, 5.41) is 3.07. The van der Waals surface area contributed by atoms with Crippen molar-refractivity contribution >= 4 is 33.3 Å². The lowest BCUT2D eigenvalue weighted by Gasteiger charge is -2.16. The van der Waals surface area contributed by atoms with E-state index in [9.17, 15) is 4.79 Å². The quantitative estimate of drug-likeness (QED) is 0.502. The second-order valence-corrected chi connectivity index (χ2v) is 7.99. The maximum absolute atomic E-state index is 12.9. The molecule has 0 radical (unpaired) electrons. The Hall–Kier alpha value is -2.99. The molecule has 0 unspecified atom stereocenters. The third-order valence-corrected chi connectivity index (χ3v) is 5.78. The number of carbonyl (C=O) groups is 1. The number of hydrogen-bond donors (Lipinski definition) is 1. The van der Waals surface area contributed by atoms with E-state index in [0.29, 0.717) is 5.78 Å². The van der Waals surface area contributed by atoms with E-state index in [1.165, 1.54) is 0 Å². The normalized spacial score (nSPS) is 14.8. The lowest BCUT2D eigenvalue weighted by atomic mass is 9.95. The number of carbonyl (C=O) groups excluding carboxylic acids is 1. The molecule has 1 aliphatic rings. The summed E-state index contributed by atoms with van der Waals surface area (Å²) in [7, 11) is 0. The zero-order valence-corrected chi connectivity index (χ0v) is 16.6. The Morgan fingerprint density at radius 1 is 1.07 bits per heavy atom. The van der Waals surface area contributed by atoms with Crippen molar-refractivity contribution in [3.63, 3.8) is 0 Å². The van der Waals surface area contributed by atoms with Gasteiger partial charge in [0.2, 0.25) is 11.7 Å². The van der Waals surface area contributed by atoms with E-state index in [1.54, 1.807) is 6.20 Å². The number of amides is 1. The zero-order chi connectivity index (χ0) is 19.1. The molecule has 2 heterocycles. The summed E-state index contributed by atoms with van der Waals surface area (Å²) in [6.45, 7) is 0. The van der Waals surface area contributed by atoms with Gasteiger partial charge in [-0.2, -0.15) is 0 Å². The van der Waals surface area contributed by atoms with Gasteiger partial charge in [-0.1, -0.05) is 40.2 Å². The van der Waals surface area contributed by atoms with Gasteiger partial charge in [0.15, 0.2) is 0 Å². The molecule has 0 spiro atoms. The van der Waals surface area contributed by atoms with Crippen LogP contribution in [-0.2, 0) is 10.2 Å². The van der Waals surface area contributed by atoms with Crippen molar-refractivity contribution in [2.45, 2.75) is 18.3 Å². The van der Waals surface area contributed by atoms with Crippen LogP contribution in [0.4, 0.5) is 5.69 Å². The highest BCUT2D eigenvalue weighted by atomic mass is 79.9.